The molecule has 0 bridgehead atoms. The van der Waals surface area contributed by atoms with Gasteiger partial charge in [-0.05, 0) is 42.7 Å². The molecule has 0 spiro atoms. The average molecular weight is 475 g/mol. The smallest absolute Gasteiger partial charge is 0.255 e. The number of anilines is 1. The van der Waals surface area contributed by atoms with Crippen LogP contribution in [0, 0.1) is 5.92 Å². The maximum Gasteiger partial charge on any atom is 0.255 e. The van der Waals surface area contributed by atoms with Gasteiger partial charge in [0.15, 0.2) is 0 Å². The number of rotatable bonds is 5. The molecule has 6 nitrogen and oxygen atoms in total. The first kappa shape index (κ1) is 21.7. The van der Waals surface area contributed by atoms with E-state index < -0.39 is 0 Å². The molecule has 4 rings (SSSR count). The largest absolute Gasteiger partial charge is 0.339 e. The Morgan fingerprint density at radius 2 is 1.74 bits per heavy atom. The molecule has 2 amide bonds. The van der Waals surface area contributed by atoms with E-state index in [2.05, 4.69) is 15.5 Å². The Labute approximate surface area is 194 Å². The van der Waals surface area contributed by atoms with Crippen molar-refractivity contribution in [1.29, 1.82) is 0 Å². The monoisotopic (exact) mass is 474 g/mol. The predicted molar refractivity (Wildman–Crippen MR) is 123 cm³/mol. The van der Waals surface area contributed by atoms with E-state index in [1.165, 1.54) is 11.3 Å². The van der Waals surface area contributed by atoms with Gasteiger partial charge in [-0.3, -0.25) is 9.59 Å². The number of likely N-dealkylation sites (tertiary alicyclic amines) is 1. The van der Waals surface area contributed by atoms with E-state index in [4.69, 9.17) is 23.2 Å². The second-order valence-corrected chi connectivity index (χ2v) is 9.25. The zero-order valence-electron chi connectivity index (χ0n) is 16.6. The van der Waals surface area contributed by atoms with Crippen molar-refractivity contribution in [3.05, 3.63) is 74.7 Å². The predicted octanol–water partition coefficient (Wildman–Crippen LogP) is 4.93. The molecule has 1 fully saturated rings. The van der Waals surface area contributed by atoms with Gasteiger partial charge in [0.05, 0.1) is 10.6 Å². The average Bonchev–Trinajstić information content (AvgIpc) is 3.22. The van der Waals surface area contributed by atoms with Crippen molar-refractivity contribution in [2.75, 3.05) is 18.4 Å². The van der Waals surface area contributed by atoms with E-state index in [1.54, 1.807) is 29.2 Å². The number of hydrogen-bond donors (Lipinski definition) is 1. The van der Waals surface area contributed by atoms with E-state index in [0.29, 0.717) is 53.1 Å². The quantitative estimate of drug-likeness (QED) is 0.568. The highest BCUT2D eigenvalue weighted by atomic mass is 35.5. The third-order valence-electron chi connectivity index (χ3n) is 5.22. The number of amides is 2. The number of carbonyl (C=O) groups is 2. The third kappa shape index (κ3) is 5.42. The highest BCUT2D eigenvalue weighted by molar-refractivity contribution is 7.15. The number of nitrogens with one attached hydrogen (secondary N) is 1. The number of halogens is 2. The lowest BCUT2D eigenvalue weighted by Gasteiger charge is -2.31. The van der Waals surface area contributed by atoms with E-state index in [0.717, 1.165) is 10.6 Å². The Morgan fingerprint density at radius 3 is 2.45 bits per heavy atom. The van der Waals surface area contributed by atoms with Crippen molar-refractivity contribution in [1.82, 2.24) is 15.1 Å². The first-order valence-corrected chi connectivity index (χ1v) is 11.5. The molecule has 0 aliphatic carbocycles. The molecule has 31 heavy (non-hydrogen) atoms. The minimum Gasteiger partial charge on any atom is -0.339 e. The summed E-state index contributed by atoms with van der Waals surface area (Å²) in [6, 6.07) is 14.6. The molecule has 0 unspecified atom stereocenters. The Morgan fingerprint density at radius 1 is 1.03 bits per heavy atom. The van der Waals surface area contributed by atoms with Crippen LogP contribution in [0.5, 0.6) is 0 Å². The number of carbonyl (C=O) groups excluding carboxylic acids is 2. The molecule has 0 atom stereocenters. The van der Waals surface area contributed by atoms with Crippen LogP contribution in [0.1, 0.15) is 33.8 Å². The fourth-order valence-corrected chi connectivity index (χ4v) is 4.63. The zero-order chi connectivity index (χ0) is 21.8. The van der Waals surface area contributed by atoms with Crippen molar-refractivity contribution in [3.8, 4) is 0 Å². The Kier molecular flexibility index (Phi) is 6.85. The topological polar surface area (TPSA) is 75.2 Å². The van der Waals surface area contributed by atoms with Crippen LogP contribution in [0.4, 0.5) is 5.13 Å². The van der Waals surface area contributed by atoms with Gasteiger partial charge in [0.2, 0.25) is 11.0 Å². The van der Waals surface area contributed by atoms with Gasteiger partial charge < -0.3 is 10.2 Å². The summed E-state index contributed by atoms with van der Waals surface area (Å²) in [6.45, 7) is 1.03. The number of aromatic nitrogens is 2. The number of nitrogens with zero attached hydrogens (tertiary/aromatic N) is 3. The van der Waals surface area contributed by atoms with Crippen LogP contribution in [0.2, 0.25) is 10.0 Å². The number of hydrogen-bond acceptors (Lipinski definition) is 5. The zero-order valence-corrected chi connectivity index (χ0v) is 18.9. The second kappa shape index (κ2) is 9.77. The maximum absolute atomic E-state index is 12.7. The summed E-state index contributed by atoms with van der Waals surface area (Å²) >= 11 is 13.4. The van der Waals surface area contributed by atoms with Crippen LogP contribution in [-0.2, 0) is 11.2 Å². The van der Waals surface area contributed by atoms with Crippen LogP contribution >= 0.6 is 34.5 Å². The summed E-state index contributed by atoms with van der Waals surface area (Å²) in [4.78, 5) is 27.1. The van der Waals surface area contributed by atoms with Crippen molar-refractivity contribution in [2.45, 2.75) is 19.3 Å². The van der Waals surface area contributed by atoms with Crippen molar-refractivity contribution in [2.24, 2.45) is 5.92 Å². The molecule has 1 aliphatic heterocycles. The Hall–Kier alpha value is -2.48. The summed E-state index contributed by atoms with van der Waals surface area (Å²) < 4.78 is 0. The summed E-state index contributed by atoms with van der Waals surface area (Å²) in [7, 11) is 0. The van der Waals surface area contributed by atoms with E-state index in [9.17, 15) is 9.59 Å². The summed E-state index contributed by atoms with van der Waals surface area (Å²) in [5, 5.41) is 13.6. The molecule has 0 radical (unpaired) electrons. The number of piperidine rings is 1. The van der Waals surface area contributed by atoms with Crippen LogP contribution in [-0.4, -0.2) is 40.0 Å². The van der Waals surface area contributed by atoms with Crippen LogP contribution in [0.3, 0.4) is 0 Å². The Bertz CT molecular complexity index is 1080. The van der Waals surface area contributed by atoms with Gasteiger partial charge in [0.25, 0.3) is 5.91 Å². The lowest BCUT2D eigenvalue weighted by Crippen LogP contribution is -2.41. The highest BCUT2D eigenvalue weighted by Gasteiger charge is 2.29. The molecule has 9 heteroatoms. The second-order valence-electron chi connectivity index (χ2n) is 7.34. The molecule has 160 valence electrons. The summed E-state index contributed by atoms with van der Waals surface area (Å²) in [5.41, 5.74) is 1.57. The van der Waals surface area contributed by atoms with E-state index >= 15 is 0 Å². The lowest BCUT2D eigenvalue weighted by atomic mass is 9.95. The molecular formula is C22H20Cl2N4O2S. The summed E-state index contributed by atoms with van der Waals surface area (Å²) in [6.07, 6.45) is 1.82. The van der Waals surface area contributed by atoms with Gasteiger partial charge in [0.1, 0.15) is 5.01 Å². The molecule has 1 aliphatic rings. The minimum atomic E-state index is -0.168. The molecule has 1 aromatic heterocycles. The lowest BCUT2D eigenvalue weighted by molar-refractivity contribution is -0.121. The fraction of sp³-hybridized carbons (Fsp3) is 0.273. The van der Waals surface area contributed by atoms with E-state index in [-0.39, 0.29) is 17.7 Å². The summed E-state index contributed by atoms with van der Waals surface area (Å²) in [5.74, 6) is -0.349. The van der Waals surface area contributed by atoms with Crippen LogP contribution < -0.4 is 5.32 Å². The molecular weight excluding hydrogens is 455 g/mol. The molecule has 1 saturated heterocycles. The van der Waals surface area contributed by atoms with Crippen LogP contribution in [0.25, 0.3) is 0 Å². The van der Waals surface area contributed by atoms with Crippen LogP contribution in [0.15, 0.2) is 48.5 Å². The normalized spacial score (nSPS) is 14.5. The van der Waals surface area contributed by atoms with Gasteiger partial charge in [0, 0.05) is 30.5 Å². The minimum absolute atomic E-state index is 0.0842. The molecule has 3 aromatic rings. The number of benzene rings is 2. The molecule has 1 N–H and O–H groups in total. The molecule has 2 aromatic carbocycles. The first-order valence-electron chi connectivity index (χ1n) is 9.91. The molecule has 0 saturated carbocycles. The van der Waals surface area contributed by atoms with Crippen molar-refractivity contribution in [3.63, 3.8) is 0 Å². The molecule has 2 heterocycles. The van der Waals surface area contributed by atoms with Crippen molar-refractivity contribution < 1.29 is 9.59 Å². The van der Waals surface area contributed by atoms with Gasteiger partial charge in [-0.2, -0.15) is 0 Å². The van der Waals surface area contributed by atoms with Gasteiger partial charge in [-0.15, -0.1) is 10.2 Å². The standard InChI is InChI=1S/C22H20Cl2N4O2S/c23-16-7-5-14(6-8-16)13-19-26-27-22(31-19)25-20(29)15-9-11-28(12-10-15)21(30)17-3-1-2-4-18(17)24/h1-8,15H,9-13H2,(H,25,27,29). The maximum atomic E-state index is 12.7. The third-order valence-corrected chi connectivity index (χ3v) is 6.64. The first-order chi connectivity index (χ1) is 15.0. The van der Waals surface area contributed by atoms with E-state index in [1.807, 2.05) is 24.3 Å². The SMILES string of the molecule is O=C(Nc1nnc(Cc2ccc(Cl)cc2)s1)C1CCN(C(=O)c2ccccc2Cl)CC1. The van der Waals surface area contributed by atoms with Gasteiger partial charge >= 0.3 is 0 Å². The highest BCUT2D eigenvalue weighted by Crippen LogP contribution is 2.25. The van der Waals surface area contributed by atoms with Crippen molar-refractivity contribution >= 4 is 51.5 Å². The Balaban J connectivity index is 1.29. The van der Waals surface area contributed by atoms with Gasteiger partial charge in [-0.25, -0.2) is 0 Å². The van der Waals surface area contributed by atoms with Gasteiger partial charge in [-0.1, -0.05) is 58.8 Å². The fourth-order valence-electron chi connectivity index (χ4n) is 3.51.